The first-order valence-electron chi connectivity index (χ1n) is 9.05. The second-order valence-electron chi connectivity index (χ2n) is 6.95. The lowest BCUT2D eigenvalue weighted by Crippen LogP contribution is -2.40. The molecule has 1 unspecified atom stereocenters. The number of Topliss-reactive ketones (excluding diaryl/α,β-unsaturated/α-hetero) is 1. The number of hydrogen-bond donors (Lipinski definition) is 0. The largest absolute Gasteiger partial charge is 0.294 e. The first kappa shape index (κ1) is 18.6. The molecule has 0 fully saturated rings. The second-order valence-corrected chi connectivity index (χ2v) is 7.86. The molecule has 1 heterocycles. The maximum Gasteiger partial charge on any atom is 0.269 e. The molecule has 0 aromatic heterocycles. The average molecular weight is 441 g/mol. The first-order chi connectivity index (χ1) is 13.5. The standard InChI is InChI=1S/C21H17BrN2O4/c22-14-6-10-15(11-7-14)23-18-2-1-3-19(25)21(18)17(12-20(23)26)13-4-8-16(9-5-13)24(27)28/h4-11,17H,1-3,12H2. The summed E-state index contributed by atoms with van der Waals surface area (Å²) in [5.74, 6) is -0.374. The molecule has 1 aliphatic carbocycles. The van der Waals surface area contributed by atoms with E-state index in [4.69, 9.17) is 0 Å². The van der Waals surface area contributed by atoms with E-state index in [9.17, 15) is 19.7 Å². The molecule has 0 saturated carbocycles. The summed E-state index contributed by atoms with van der Waals surface area (Å²) in [4.78, 5) is 38.0. The summed E-state index contributed by atoms with van der Waals surface area (Å²) < 4.78 is 0.915. The maximum atomic E-state index is 13.1. The number of amides is 1. The molecule has 1 amide bonds. The highest BCUT2D eigenvalue weighted by Crippen LogP contribution is 2.43. The van der Waals surface area contributed by atoms with Crippen molar-refractivity contribution in [3.05, 3.63) is 80.0 Å². The van der Waals surface area contributed by atoms with E-state index in [1.807, 2.05) is 24.3 Å². The Labute approximate surface area is 170 Å². The van der Waals surface area contributed by atoms with Crippen LogP contribution in [0.5, 0.6) is 0 Å². The number of allylic oxidation sites excluding steroid dienone is 2. The van der Waals surface area contributed by atoms with Gasteiger partial charge in [0.1, 0.15) is 0 Å². The Hall–Kier alpha value is -2.80. The molecular weight excluding hydrogens is 424 g/mol. The predicted molar refractivity (Wildman–Crippen MR) is 108 cm³/mol. The third-order valence-electron chi connectivity index (χ3n) is 5.27. The Balaban J connectivity index is 1.80. The lowest BCUT2D eigenvalue weighted by atomic mass is 9.77. The fourth-order valence-corrected chi connectivity index (χ4v) is 4.26. The number of nitro groups is 1. The Morgan fingerprint density at radius 3 is 2.32 bits per heavy atom. The molecule has 2 aromatic rings. The molecule has 0 bridgehead atoms. The van der Waals surface area contributed by atoms with Gasteiger partial charge in [0.15, 0.2) is 5.78 Å². The second kappa shape index (κ2) is 7.31. The summed E-state index contributed by atoms with van der Waals surface area (Å²) in [6.07, 6.45) is 2.00. The monoisotopic (exact) mass is 440 g/mol. The molecule has 4 rings (SSSR count). The number of ketones is 1. The number of halogens is 1. The number of carbonyl (C=O) groups is 2. The maximum absolute atomic E-state index is 13.1. The number of hydrogen-bond acceptors (Lipinski definition) is 4. The van der Waals surface area contributed by atoms with Crippen LogP contribution in [0.2, 0.25) is 0 Å². The number of non-ortho nitro benzene ring substituents is 1. The van der Waals surface area contributed by atoms with Crippen molar-refractivity contribution in [2.45, 2.75) is 31.6 Å². The van der Waals surface area contributed by atoms with Gasteiger partial charge in [0.2, 0.25) is 5.91 Å². The minimum atomic E-state index is -0.457. The lowest BCUT2D eigenvalue weighted by molar-refractivity contribution is -0.384. The summed E-state index contributed by atoms with van der Waals surface area (Å²) >= 11 is 3.40. The number of nitrogens with zero attached hydrogens (tertiary/aromatic N) is 2. The van der Waals surface area contributed by atoms with Crippen LogP contribution in [0.1, 0.15) is 37.2 Å². The van der Waals surface area contributed by atoms with Gasteiger partial charge in [-0.1, -0.05) is 28.1 Å². The van der Waals surface area contributed by atoms with Gasteiger partial charge < -0.3 is 0 Å². The third kappa shape index (κ3) is 3.26. The zero-order valence-electron chi connectivity index (χ0n) is 14.9. The van der Waals surface area contributed by atoms with Crippen molar-refractivity contribution >= 4 is 39.0 Å². The highest BCUT2D eigenvalue weighted by Gasteiger charge is 2.39. The molecule has 7 heteroatoms. The van der Waals surface area contributed by atoms with Gasteiger partial charge in [-0.3, -0.25) is 24.6 Å². The number of benzene rings is 2. The van der Waals surface area contributed by atoms with Crippen LogP contribution in [0.15, 0.2) is 64.3 Å². The third-order valence-corrected chi connectivity index (χ3v) is 5.80. The quantitative estimate of drug-likeness (QED) is 0.502. The van der Waals surface area contributed by atoms with Gasteiger partial charge in [-0.05, 0) is 42.7 Å². The van der Waals surface area contributed by atoms with Crippen molar-refractivity contribution < 1.29 is 14.5 Å². The summed E-state index contributed by atoms with van der Waals surface area (Å²) in [6.45, 7) is 0. The Bertz CT molecular complexity index is 996. The van der Waals surface area contributed by atoms with Gasteiger partial charge in [-0.15, -0.1) is 0 Å². The van der Waals surface area contributed by atoms with Crippen LogP contribution in [0, 0.1) is 10.1 Å². The normalized spacial score (nSPS) is 19.6. The van der Waals surface area contributed by atoms with E-state index in [1.54, 1.807) is 17.0 Å². The van der Waals surface area contributed by atoms with Crippen LogP contribution < -0.4 is 4.90 Å². The zero-order valence-corrected chi connectivity index (χ0v) is 16.5. The molecular formula is C21H17BrN2O4. The first-order valence-corrected chi connectivity index (χ1v) is 9.84. The van der Waals surface area contributed by atoms with Gasteiger partial charge in [-0.2, -0.15) is 0 Å². The van der Waals surface area contributed by atoms with Crippen molar-refractivity contribution in [3.63, 3.8) is 0 Å². The minimum Gasteiger partial charge on any atom is -0.294 e. The van der Waals surface area contributed by atoms with Crippen LogP contribution in [0.25, 0.3) is 0 Å². The van der Waals surface area contributed by atoms with Gasteiger partial charge in [0.05, 0.1) is 4.92 Å². The van der Waals surface area contributed by atoms with Gasteiger partial charge in [-0.25, -0.2) is 0 Å². The number of carbonyl (C=O) groups excluding carboxylic acids is 2. The highest BCUT2D eigenvalue weighted by atomic mass is 79.9. The van der Waals surface area contributed by atoms with Crippen molar-refractivity contribution in [2.24, 2.45) is 0 Å². The molecule has 0 spiro atoms. The number of rotatable bonds is 3. The number of anilines is 1. The van der Waals surface area contributed by atoms with Gasteiger partial charge in [0, 0.05) is 52.3 Å². The SMILES string of the molecule is O=C1CCCC2=C1C(c1ccc([N+](=O)[O-])cc1)CC(=O)N2c1ccc(Br)cc1. The van der Waals surface area contributed by atoms with E-state index in [0.29, 0.717) is 24.8 Å². The summed E-state index contributed by atoms with van der Waals surface area (Å²) in [5.41, 5.74) is 2.93. The van der Waals surface area contributed by atoms with Crippen LogP contribution in [-0.4, -0.2) is 16.6 Å². The van der Waals surface area contributed by atoms with Crippen molar-refractivity contribution in [1.82, 2.24) is 0 Å². The average Bonchev–Trinajstić information content (AvgIpc) is 2.68. The summed E-state index contributed by atoms with van der Waals surface area (Å²) in [7, 11) is 0. The molecule has 28 heavy (non-hydrogen) atoms. The summed E-state index contributed by atoms with van der Waals surface area (Å²) in [6, 6.07) is 13.6. The van der Waals surface area contributed by atoms with Gasteiger partial charge >= 0.3 is 0 Å². The molecule has 0 saturated heterocycles. The Morgan fingerprint density at radius 1 is 1.00 bits per heavy atom. The van der Waals surface area contributed by atoms with E-state index in [-0.39, 0.29) is 29.7 Å². The fraction of sp³-hybridized carbons (Fsp3) is 0.238. The molecule has 0 radical (unpaired) electrons. The van der Waals surface area contributed by atoms with Crippen molar-refractivity contribution in [3.8, 4) is 0 Å². The van der Waals surface area contributed by atoms with E-state index < -0.39 is 4.92 Å². The molecule has 1 aliphatic heterocycles. The van der Waals surface area contributed by atoms with Crippen LogP contribution in [0.4, 0.5) is 11.4 Å². The van der Waals surface area contributed by atoms with Crippen LogP contribution >= 0.6 is 15.9 Å². The Kier molecular flexibility index (Phi) is 4.85. The molecule has 6 nitrogen and oxygen atoms in total. The fourth-order valence-electron chi connectivity index (χ4n) is 4.00. The van der Waals surface area contributed by atoms with E-state index in [1.165, 1.54) is 12.1 Å². The number of nitro benzene ring substituents is 1. The molecule has 0 N–H and O–H groups in total. The van der Waals surface area contributed by atoms with E-state index in [2.05, 4.69) is 15.9 Å². The van der Waals surface area contributed by atoms with Crippen molar-refractivity contribution in [2.75, 3.05) is 4.90 Å². The van der Waals surface area contributed by atoms with Crippen LogP contribution in [0.3, 0.4) is 0 Å². The van der Waals surface area contributed by atoms with E-state index >= 15 is 0 Å². The molecule has 2 aromatic carbocycles. The van der Waals surface area contributed by atoms with Crippen molar-refractivity contribution in [1.29, 1.82) is 0 Å². The lowest BCUT2D eigenvalue weighted by Gasteiger charge is -2.38. The predicted octanol–water partition coefficient (Wildman–Crippen LogP) is 4.88. The smallest absolute Gasteiger partial charge is 0.269 e. The van der Waals surface area contributed by atoms with Crippen LogP contribution in [-0.2, 0) is 9.59 Å². The molecule has 2 aliphatic rings. The molecule has 1 atom stereocenters. The molecule has 142 valence electrons. The summed E-state index contributed by atoms with van der Waals surface area (Å²) in [5, 5.41) is 10.9. The topological polar surface area (TPSA) is 80.5 Å². The Morgan fingerprint density at radius 2 is 1.68 bits per heavy atom. The highest BCUT2D eigenvalue weighted by molar-refractivity contribution is 9.10. The zero-order chi connectivity index (χ0) is 19.8. The van der Waals surface area contributed by atoms with Gasteiger partial charge in [0.25, 0.3) is 5.69 Å². The van der Waals surface area contributed by atoms with E-state index in [0.717, 1.165) is 21.4 Å². The minimum absolute atomic E-state index is 0.00783.